The molecule has 1 aromatic rings. The van der Waals surface area contributed by atoms with Crippen LogP contribution in [0, 0.1) is 0 Å². The maximum Gasteiger partial charge on any atom is 0.0692 e. The van der Waals surface area contributed by atoms with Gasteiger partial charge in [0.2, 0.25) is 0 Å². The summed E-state index contributed by atoms with van der Waals surface area (Å²) in [6.45, 7) is 4.47. The molecule has 0 unspecified atom stereocenters. The molecule has 2 heteroatoms. The van der Waals surface area contributed by atoms with Gasteiger partial charge in [-0.05, 0) is 22.9 Å². The Kier molecular flexibility index (Phi) is 2.46. The molecule has 0 amide bonds. The predicted octanol–water partition coefficient (Wildman–Crippen LogP) is 2.36. The lowest BCUT2D eigenvalue weighted by atomic mass is 10.1. The Bertz CT molecular complexity index is 203. The van der Waals surface area contributed by atoms with Crippen LogP contribution in [-0.2, 0) is 6.61 Å². The van der Waals surface area contributed by atoms with Crippen LogP contribution >= 0.6 is 11.3 Å². The lowest BCUT2D eigenvalue weighted by molar-refractivity contribution is 0.281. The van der Waals surface area contributed by atoms with E-state index in [1.54, 1.807) is 11.3 Å². The van der Waals surface area contributed by atoms with Crippen molar-refractivity contribution in [2.75, 3.05) is 0 Å². The third-order valence-corrected chi connectivity index (χ3v) is 2.74. The van der Waals surface area contributed by atoms with E-state index in [2.05, 4.69) is 13.8 Å². The second-order valence-corrected chi connectivity index (χ2v) is 3.57. The van der Waals surface area contributed by atoms with Crippen LogP contribution in [0.3, 0.4) is 0 Å². The number of thiophene rings is 1. The van der Waals surface area contributed by atoms with E-state index in [0.717, 1.165) is 5.56 Å². The maximum absolute atomic E-state index is 8.86. The van der Waals surface area contributed by atoms with Crippen molar-refractivity contribution < 1.29 is 5.11 Å². The van der Waals surface area contributed by atoms with Crippen molar-refractivity contribution in [3.63, 3.8) is 0 Å². The molecule has 1 aromatic heterocycles. The average molecular weight is 156 g/mol. The molecule has 0 atom stereocenters. The molecular weight excluding hydrogens is 144 g/mol. The van der Waals surface area contributed by atoms with E-state index in [0.29, 0.717) is 5.92 Å². The maximum atomic E-state index is 8.86. The molecule has 0 spiro atoms. The van der Waals surface area contributed by atoms with Gasteiger partial charge in [-0.3, -0.25) is 0 Å². The van der Waals surface area contributed by atoms with Crippen molar-refractivity contribution in [3.8, 4) is 0 Å². The summed E-state index contributed by atoms with van der Waals surface area (Å²) in [7, 11) is 0. The first kappa shape index (κ1) is 7.76. The first-order chi connectivity index (χ1) is 4.75. The van der Waals surface area contributed by atoms with Crippen LogP contribution in [-0.4, -0.2) is 5.11 Å². The normalized spacial score (nSPS) is 10.8. The lowest BCUT2D eigenvalue weighted by Gasteiger charge is -2.02. The summed E-state index contributed by atoms with van der Waals surface area (Å²) in [4.78, 5) is 1.31. The second-order valence-electron chi connectivity index (χ2n) is 2.62. The third-order valence-electron chi connectivity index (χ3n) is 1.48. The molecule has 0 aliphatic carbocycles. The largest absolute Gasteiger partial charge is 0.392 e. The Hall–Kier alpha value is -0.340. The Morgan fingerprint density at radius 2 is 2.30 bits per heavy atom. The van der Waals surface area contributed by atoms with Crippen LogP contribution in [0.1, 0.15) is 30.2 Å². The molecular formula is C8H12OS. The van der Waals surface area contributed by atoms with Gasteiger partial charge in [0, 0.05) is 4.88 Å². The van der Waals surface area contributed by atoms with Crippen molar-refractivity contribution in [1.29, 1.82) is 0 Å². The van der Waals surface area contributed by atoms with E-state index in [1.807, 2.05) is 11.4 Å². The van der Waals surface area contributed by atoms with Crippen molar-refractivity contribution in [1.82, 2.24) is 0 Å². The van der Waals surface area contributed by atoms with Gasteiger partial charge in [-0.25, -0.2) is 0 Å². The Balaban J connectivity index is 2.90. The van der Waals surface area contributed by atoms with Crippen molar-refractivity contribution in [2.45, 2.75) is 26.4 Å². The zero-order valence-electron chi connectivity index (χ0n) is 6.29. The van der Waals surface area contributed by atoms with Crippen LogP contribution in [0.2, 0.25) is 0 Å². The van der Waals surface area contributed by atoms with Gasteiger partial charge < -0.3 is 5.11 Å². The van der Waals surface area contributed by atoms with Gasteiger partial charge in [0.15, 0.2) is 0 Å². The standard InChI is InChI=1S/C8H12OS/c1-6(2)8-7(5-9)3-4-10-8/h3-4,6,9H,5H2,1-2H3. The molecule has 0 saturated carbocycles. The SMILES string of the molecule is CC(C)c1sccc1CO. The molecule has 1 nitrogen and oxygen atoms in total. The van der Waals surface area contributed by atoms with E-state index < -0.39 is 0 Å². The highest BCUT2D eigenvalue weighted by Crippen LogP contribution is 2.25. The minimum Gasteiger partial charge on any atom is -0.392 e. The highest BCUT2D eigenvalue weighted by atomic mass is 32.1. The molecule has 0 saturated heterocycles. The second kappa shape index (κ2) is 3.17. The zero-order valence-corrected chi connectivity index (χ0v) is 7.11. The summed E-state index contributed by atoms with van der Waals surface area (Å²) in [5, 5.41) is 10.9. The highest BCUT2D eigenvalue weighted by molar-refractivity contribution is 7.10. The molecule has 0 aliphatic rings. The molecule has 10 heavy (non-hydrogen) atoms. The molecule has 56 valence electrons. The number of rotatable bonds is 2. The molecule has 0 aromatic carbocycles. The van der Waals surface area contributed by atoms with Gasteiger partial charge in [0.25, 0.3) is 0 Å². The van der Waals surface area contributed by atoms with Crippen LogP contribution in [0.5, 0.6) is 0 Å². The summed E-state index contributed by atoms with van der Waals surface area (Å²) in [5.41, 5.74) is 1.08. The van der Waals surface area contributed by atoms with Crippen LogP contribution in [0.4, 0.5) is 0 Å². The monoisotopic (exact) mass is 156 g/mol. The number of hydrogen-bond acceptors (Lipinski definition) is 2. The van der Waals surface area contributed by atoms with Gasteiger partial charge in [0.1, 0.15) is 0 Å². The zero-order chi connectivity index (χ0) is 7.56. The molecule has 1 heterocycles. The molecule has 0 bridgehead atoms. The first-order valence-electron chi connectivity index (χ1n) is 3.42. The lowest BCUT2D eigenvalue weighted by Crippen LogP contribution is -1.88. The fourth-order valence-electron chi connectivity index (χ4n) is 0.985. The summed E-state index contributed by atoms with van der Waals surface area (Å²) in [6.07, 6.45) is 0. The molecule has 1 rings (SSSR count). The van der Waals surface area contributed by atoms with Gasteiger partial charge >= 0.3 is 0 Å². The van der Waals surface area contributed by atoms with Gasteiger partial charge in [-0.15, -0.1) is 11.3 Å². The minimum absolute atomic E-state index is 0.178. The van der Waals surface area contributed by atoms with Crippen molar-refractivity contribution >= 4 is 11.3 Å². The summed E-state index contributed by atoms with van der Waals surface area (Å²) in [5.74, 6) is 0.544. The quantitative estimate of drug-likeness (QED) is 0.697. The van der Waals surface area contributed by atoms with E-state index >= 15 is 0 Å². The molecule has 0 fully saturated rings. The average Bonchev–Trinajstić information content (AvgIpc) is 2.33. The fraction of sp³-hybridized carbons (Fsp3) is 0.500. The highest BCUT2D eigenvalue weighted by Gasteiger charge is 2.05. The Labute approximate surface area is 65.3 Å². The predicted molar refractivity (Wildman–Crippen MR) is 44.3 cm³/mol. The van der Waals surface area contributed by atoms with E-state index in [9.17, 15) is 0 Å². The van der Waals surface area contributed by atoms with Gasteiger partial charge in [-0.2, -0.15) is 0 Å². The van der Waals surface area contributed by atoms with Crippen molar-refractivity contribution in [2.24, 2.45) is 0 Å². The molecule has 1 N–H and O–H groups in total. The summed E-state index contributed by atoms with van der Waals surface area (Å²) in [6, 6.07) is 1.99. The fourth-order valence-corrected chi connectivity index (χ4v) is 1.92. The Morgan fingerprint density at radius 3 is 2.70 bits per heavy atom. The minimum atomic E-state index is 0.178. The van der Waals surface area contributed by atoms with Gasteiger partial charge in [0.05, 0.1) is 6.61 Å². The van der Waals surface area contributed by atoms with Crippen molar-refractivity contribution in [3.05, 3.63) is 21.9 Å². The third kappa shape index (κ3) is 1.39. The summed E-state index contributed by atoms with van der Waals surface area (Å²) < 4.78 is 0. The first-order valence-corrected chi connectivity index (χ1v) is 4.30. The topological polar surface area (TPSA) is 20.2 Å². The number of aliphatic hydroxyl groups excluding tert-OH is 1. The Morgan fingerprint density at radius 1 is 1.60 bits per heavy atom. The van der Waals surface area contributed by atoms with Crippen LogP contribution < -0.4 is 0 Å². The summed E-state index contributed by atoms with van der Waals surface area (Å²) >= 11 is 1.72. The molecule has 0 radical (unpaired) electrons. The van der Waals surface area contributed by atoms with E-state index in [4.69, 9.17) is 5.11 Å². The van der Waals surface area contributed by atoms with E-state index in [1.165, 1.54) is 4.88 Å². The van der Waals surface area contributed by atoms with E-state index in [-0.39, 0.29) is 6.61 Å². The van der Waals surface area contributed by atoms with Gasteiger partial charge in [-0.1, -0.05) is 13.8 Å². The van der Waals surface area contributed by atoms with Crippen LogP contribution in [0.25, 0.3) is 0 Å². The number of hydrogen-bond donors (Lipinski definition) is 1. The number of aliphatic hydroxyl groups is 1. The smallest absolute Gasteiger partial charge is 0.0692 e. The van der Waals surface area contributed by atoms with Crippen LogP contribution in [0.15, 0.2) is 11.4 Å². The molecule has 0 aliphatic heterocycles.